The number of rotatable bonds is 3. The van der Waals surface area contributed by atoms with Crippen LogP contribution >= 0.6 is 0 Å². The Hall–Kier alpha value is -0.940. The minimum atomic E-state index is 0.473. The molecule has 2 aliphatic heterocycles. The third kappa shape index (κ3) is 1.53. The summed E-state index contributed by atoms with van der Waals surface area (Å²) in [5.41, 5.74) is 1.12. The fourth-order valence-corrected chi connectivity index (χ4v) is 3.35. The number of hydrogen-bond donors (Lipinski definition) is 0. The van der Waals surface area contributed by atoms with Crippen LogP contribution in [0.15, 0.2) is 6.20 Å². The van der Waals surface area contributed by atoms with Crippen molar-refractivity contribution in [2.45, 2.75) is 31.8 Å². The number of likely N-dealkylation sites (tertiary alicyclic amines) is 1. The van der Waals surface area contributed by atoms with Gasteiger partial charge in [-0.05, 0) is 5.92 Å². The summed E-state index contributed by atoms with van der Waals surface area (Å²) in [7, 11) is 0. The van der Waals surface area contributed by atoms with Gasteiger partial charge in [-0.2, -0.15) is 0 Å². The Labute approximate surface area is 107 Å². The average molecular weight is 248 g/mol. The Balaban J connectivity index is 1.41. The van der Waals surface area contributed by atoms with Crippen molar-refractivity contribution < 1.29 is 4.74 Å². The Morgan fingerprint density at radius 2 is 2.00 bits per heavy atom. The molecule has 18 heavy (non-hydrogen) atoms. The maximum Gasteiger partial charge on any atom is 0.0852 e. The van der Waals surface area contributed by atoms with Crippen molar-refractivity contribution in [3.05, 3.63) is 11.9 Å². The molecule has 0 aromatic carbocycles. The molecule has 2 saturated heterocycles. The van der Waals surface area contributed by atoms with Gasteiger partial charge in [0.2, 0.25) is 0 Å². The molecule has 0 radical (unpaired) electrons. The molecule has 3 atom stereocenters. The van der Waals surface area contributed by atoms with Crippen LogP contribution in [0.5, 0.6) is 0 Å². The predicted molar refractivity (Wildman–Crippen MR) is 66.3 cm³/mol. The van der Waals surface area contributed by atoms with Gasteiger partial charge in [0.1, 0.15) is 0 Å². The first-order chi connectivity index (χ1) is 8.74. The van der Waals surface area contributed by atoms with Gasteiger partial charge in [-0.1, -0.05) is 19.1 Å². The van der Waals surface area contributed by atoms with E-state index in [2.05, 4.69) is 39.9 Å². The van der Waals surface area contributed by atoms with E-state index in [0.717, 1.165) is 30.7 Å². The highest BCUT2D eigenvalue weighted by atomic mass is 16.5. The monoisotopic (exact) mass is 248 g/mol. The van der Waals surface area contributed by atoms with Crippen LogP contribution in [-0.2, 0) is 4.74 Å². The summed E-state index contributed by atoms with van der Waals surface area (Å²) in [5, 5.41) is 8.57. The summed E-state index contributed by atoms with van der Waals surface area (Å²) >= 11 is 0. The van der Waals surface area contributed by atoms with Crippen LogP contribution in [-0.4, -0.2) is 52.2 Å². The van der Waals surface area contributed by atoms with E-state index in [4.69, 9.17) is 4.74 Å². The molecule has 0 N–H and O–H groups in total. The third-order valence-corrected chi connectivity index (χ3v) is 4.74. The Bertz CT molecular complexity index is 442. The zero-order chi connectivity index (χ0) is 12.3. The molecular weight excluding hydrogens is 228 g/mol. The lowest BCUT2D eigenvalue weighted by molar-refractivity contribution is -0.0617. The summed E-state index contributed by atoms with van der Waals surface area (Å²) in [6, 6.07) is 1.31. The predicted octanol–water partition coefficient (Wildman–Crippen LogP) is 0.903. The summed E-state index contributed by atoms with van der Waals surface area (Å²) < 4.78 is 7.38. The van der Waals surface area contributed by atoms with Gasteiger partial charge in [0, 0.05) is 31.1 Å². The van der Waals surface area contributed by atoms with Gasteiger partial charge < -0.3 is 4.74 Å². The van der Waals surface area contributed by atoms with E-state index in [1.54, 1.807) is 0 Å². The van der Waals surface area contributed by atoms with E-state index in [9.17, 15) is 0 Å². The van der Waals surface area contributed by atoms with Crippen molar-refractivity contribution in [3.8, 4) is 0 Å². The van der Waals surface area contributed by atoms with Crippen LogP contribution < -0.4 is 0 Å². The number of fused-ring (bicyclic) bond motifs is 1. The van der Waals surface area contributed by atoms with E-state index in [1.807, 2.05) is 0 Å². The molecule has 1 unspecified atom stereocenters. The summed E-state index contributed by atoms with van der Waals surface area (Å²) in [5.74, 6) is 2.07. The van der Waals surface area contributed by atoms with Gasteiger partial charge in [-0.15, -0.1) is 5.10 Å². The standard InChI is InChI=1S/C13H20N4O/c1-8(2)12-5-17(15-14-12)13-10-3-16(4-11(10)13)9-6-18-7-9/h5,8-11,13H,3-4,6-7H2,1-2H3/t10-,11+,13?. The average Bonchev–Trinajstić information content (AvgIpc) is 2.70. The normalized spacial score (nSPS) is 35.8. The van der Waals surface area contributed by atoms with E-state index >= 15 is 0 Å². The Morgan fingerprint density at radius 1 is 1.28 bits per heavy atom. The lowest BCUT2D eigenvalue weighted by atomic mass is 10.1. The number of hydrogen-bond acceptors (Lipinski definition) is 4. The van der Waals surface area contributed by atoms with Gasteiger partial charge in [0.25, 0.3) is 0 Å². The zero-order valence-corrected chi connectivity index (χ0v) is 11.0. The van der Waals surface area contributed by atoms with Crippen LogP contribution in [0.25, 0.3) is 0 Å². The molecule has 1 aromatic rings. The lowest BCUT2D eigenvalue weighted by Gasteiger charge is -2.35. The number of ether oxygens (including phenoxy) is 1. The van der Waals surface area contributed by atoms with Gasteiger partial charge in [-0.3, -0.25) is 4.90 Å². The molecule has 1 aromatic heterocycles. The molecule has 5 heteroatoms. The van der Waals surface area contributed by atoms with Crippen LogP contribution in [0.4, 0.5) is 0 Å². The molecule has 0 bridgehead atoms. The molecular formula is C13H20N4O. The van der Waals surface area contributed by atoms with Crippen molar-refractivity contribution in [1.82, 2.24) is 19.9 Å². The largest absolute Gasteiger partial charge is 0.378 e. The maximum absolute atomic E-state index is 5.27. The van der Waals surface area contributed by atoms with Crippen molar-refractivity contribution in [1.29, 1.82) is 0 Å². The second kappa shape index (κ2) is 3.78. The van der Waals surface area contributed by atoms with Gasteiger partial charge in [-0.25, -0.2) is 4.68 Å². The second-order valence-corrected chi connectivity index (χ2v) is 6.24. The first-order valence-electron chi connectivity index (χ1n) is 6.97. The molecule has 4 rings (SSSR count). The molecule has 98 valence electrons. The number of nitrogens with zero attached hydrogens (tertiary/aromatic N) is 4. The van der Waals surface area contributed by atoms with Gasteiger partial charge >= 0.3 is 0 Å². The first kappa shape index (κ1) is 10.9. The van der Waals surface area contributed by atoms with E-state index in [0.29, 0.717) is 18.0 Å². The van der Waals surface area contributed by atoms with Crippen molar-refractivity contribution in [2.24, 2.45) is 11.8 Å². The third-order valence-electron chi connectivity index (χ3n) is 4.74. The van der Waals surface area contributed by atoms with Crippen molar-refractivity contribution in [2.75, 3.05) is 26.3 Å². The van der Waals surface area contributed by atoms with E-state index in [1.165, 1.54) is 13.1 Å². The maximum atomic E-state index is 5.27. The number of aromatic nitrogens is 3. The van der Waals surface area contributed by atoms with E-state index < -0.39 is 0 Å². The van der Waals surface area contributed by atoms with Crippen LogP contribution in [0.1, 0.15) is 31.5 Å². The van der Waals surface area contributed by atoms with Gasteiger partial charge in [0.05, 0.1) is 31.0 Å². The van der Waals surface area contributed by atoms with Gasteiger partial charge in [0.15, 0.2) is 0 Å². The van der Waals surface area contributed by atoms with Crippen LogP contribution in [0.3, 0.4) is 0 Å². The van der Waals surface area contributed by atoms with Crippen LogP contribution in [0.2, 0.25) is 0 Å². The quantitative estimate of drug-likeness (QED) is 0.797. The highest BCUT2D eigenvalue weighted by molar-refractivity contribution is 5.11. The molecule has 3 aliphatic rings. The van der Waals surface area contributed by atoms with Crippen LogP contribution in [0, 0.1) is 11.8 Å². The Morgan fingerprint density at radius 3 is 2.50 bits per heavy atom. The molecule has 0 amide bonds. The lowest BCUT2D eigenvalue weighted by Crippen LogP contribution is -2.49. The fraction of sp³-hybridized carbons (Fsp3) is 0.846. The summed E-state index contributed by atoms with van der Waals surface area (Å²) in [6.07, 6.45) is 2.14. The molecule has 1 aliphatic carbocycles. The topological polar surface area (TPSA) is 43.2 Å². The highest BCUT2D eigenvalue weighted by Crippen LogP contribution is 2.55. The zero-order valence-electron chi connectivity index (χ0n) is 11.0. The highest BCUT2D eigenvalue weighted by Gasteiger charge is 2.58. The molecule has 3 heterocycles. The Kier molecular flexibility index (Phi) is 2.29. The second-order valence-electron chi connectivity index (χ2n) is 6.24. The van der Waals surface area contributed by atoms with Crippen molar-refractivity contribution in [3.63, 3.8) is 0 Å². The van der Waals surface area contributed by atoms with E-state index in [-0.39, 0.29) is 0 Å². The smallest absolute Gasteiger partial charge is 0.0852 e. The first-order valence-corrected chi connectivity index (χ1v) is 6.97. The minimum Gasteiger partial charge on any atom is -0.378 e. The molecule has 1 saturated carbocycles. The molecule has 3 fully saturated rings. The molecule has 0 spiro atoms. The molecule has 5 nitrogen and oxygen atoms in total. The number of piperidine rings is 1. The minimum absolute atomic E-state index is 0.473. The summed E-state index contributed by atoms with van der Waals surface area (Å²) in [6.45, 7) is 8.65. The SMILES string of the molecule is CC(C)c1cn(C2[C@H]3CN(C4COC4)C[C@@H]23)nn1. The fourth-order valence-electron chi connectivity index (χ4n) is 3.35. The van der Waals surface area contributed by atoms with Crippen molar-refractivity contribution >= 4 is 0 Å². The summed E-state index contributed by atoms with van der Waals surface area (Å²) in [4.78, 5) is 2.59.